The van der Waals surface area contributed by atoms with Crippen LogP contribution in [0.5, 0.6) is 0 Å². The van der Waals surface area contributed by atoms with Gasteiger partial charge in [-0.3, -0.25) is 0 Å². The summed E-state index contributed by atoms with van der Waals surface area (Å²) in [6, 6.07) is 6.18. The largest absolute Gasteiger partial charge is 0.471 e. The molecule has 0 bridgehead atoms. The first-order valence-electron chi connectivity index (χ1n) is 7.96. The van der Waals surface area contributed by atoms with E-state index >= 15 is 0 Å². The molecule has 0 fully saturated rings. The van der Waals surface area contributed by atoms with Crippen LogP contribution in [0.25, 0.3) is 11.4 Å². The zero-order valence-corrected chi connectivity index (χ0v) is 15.1. The number of hydrogen-bond donors (Lipinski definition) is 0. The minimum atomic E-state index is -4.73. The number of aromatic nitrogens is 4. The van der Waals surface area contributed by atoms with E-state index < -0.39 is 24.0 Å². The Balaban J connectivity index is 1.85. The highest BCUT2D eigenvalue weighted by Crippen LogP contribution is 2.29. The molecule has 0 amide bonds. The van der Waals surface area contributed by atoms with Crippen molar-refractivity contribution in [3.63, 3.8) is 0 Å². The van der Waals surface area contributed by atoms with Crippen LogP contribution in [0, 0.1) is 0 Å². The Hall–Kier alpha value is -3.70. The maximum Gasteiger partial charge on any atom is 0.471 e. The molecule has 2 aromatic heterocycles. The van der Waals surface area contributed by atoms with Crippen molar-refractivity contribution in [2.24, 2.45) is 0 Å². The van der Waals surface area contributed by atoms with Gasteiger partial charge in [-0.1, -0.05) is 29.4 Å². The number of ether oxygens (including phenoxy) is 2. The number of hydrogen-bond acceptors (Lipinski definition) is 8. The molecule has 0 unspecified atom stereocenters. The Morgan fingerprint density at radius 3 is 2.31 bits per heavy atom. The molecule has 3 aromatic rings. The molecule has 0 radical (unpaired) electrons. The summed E-state index contributed by atoms with van der Waals surface area (Å²) in [6.07, 6.45) is -3.45. The minimum Gasteiger partial charge on any atom is -0.464 e. The van der Waals surface area contributed by atoms with Crippen molar-refractivity contribution < 1.29 is 36.8 Å². The van der Waals surface area contributed by atoms with Gasteiger partial charge in [0.15, 0.2) is 11.4 Å². The summed E-state index contributed by atoms with van der Waals surface area (Å²) in [6.45, 7) is 0.134. The van der Waals surface area contributed by atoms with Crippen LogP contribution < -0.4 is 0 Å². The van der Waals surface area contributed by atoms with Gasteiger partial charge in [0, 0.05) is 12.1 Å². The Labute approximate surface area is 161 Å². The second-order valence-corrected chi connectivity index (χ2v) is 5.67. The third kappa shape index (κ3) is 4.10. The van der Waals surface area contributed by atoms with E-state index in [0.29, 0.717) is 11.1 Å². The summed E-state index contributed by atoms with van der Waals surface area (Å²) < 4.78 is 52.6. The lowest BCUT2D eigenvalue weighted by Crippen LogP contribution is -2.16. The van der Waals surface area contributed by atoms with Gasteiger partial charge in [-0.05, 0) is 5.56 Å². The fourth-order valence-electron chi connectivity index (χ4n) is 2.47. The maximum atomic E-state index is 12.6. The number of methoxy groups -OCH3 is 2. The summed E-state index contributed by atoms with van der Waals surface area (Å²) in [4.78, 5) is 31.0. The fourth-order valence-corrected chi connectivity index (χ4v) is 2.47. The minimum absolute atomic E-state index is 0.0867. The topological polar surface area (TPSA) is 109 Å². The summed E-state index contributed by atoms with van der Waals surface area (Å²) in [5.41, 5.74) is 0.688. The van der Waals surface area contributed by atoms with Crippen LogP contribution in [0.3, 0.4) is 0 Å². The van der Waals surface area contributed by atoms with Gasteiger partial charge < -0.3 is 18.6 Å². The van der Waals surface area contributed by atoms with Gasteiger partial charge in [0.1, 0.15) is 0 Å². The molecular weight excluding hydrogens is 397 g/mol. The molecule has 2 heterocycles. The van der Waals surface area contributed by atoms with Crippen LogP contribution >= 0.6 is 0 Å². The van der Waals surface area contributed by atoms with Crippen LogP contribution in [-0.4, -0.2) is 45.8 Å². The summed E-state index contributed by atoms with van der Waals surface area (Å²) in [5.74, 6) is -3.22. The predicted molar refractivity (Wildman–Crippen MR) is 88.7 cm³/mol. The first-order chi connectivity index (χ1) is 13.7. The first kappa shape index (κ1) is 20.0. The number of nitrogens with zero attached hydrogens (tertiary/aromatic N) is 4. The number of rotatable bonds is 5. The molecule has 0 N–H and O–H groups in total. The summed E-state index contributed by atoms with van der Waals surface area (Å²) >= 11 is 0. The molecule has 0 atom stereocenters. The smallest absolute Gasteiger partial charge is 0.464 e. The summed E-state index contributed by atoms with van der Waals surface area (Å²) in [7, 11) is 2.32. The normalized spacial score (nSPS) is 11.3. The highest BCUT2D eigenvalue weighted by molar-refractivity contribution is 6.00. The molecule has 0 spiro atoms. The zero-order chi connectivity index (χ0) is 21.2. The zero-order valence-electron chi connectivity index (χ0n) is 15.1. The van der Waals surface area contributed by atoms with Crippen molar-refractivity contribution in [1.29, 1.82) is 0 Å². The molecule has 9 nitrogen and oxygen atoms in total. The van der Waals surface area contributed by atoms with E-state index in [2.05, 4.69) is 29.1 Å². The highest BCUT2D eigenvalue weighted by atomic mass is 19.4. The number of alkyl halides is 3. The van der Waals surface area contributed by atoms with Crippen LogP contribution in [0.4, 0.5) is 13.2 Å². The number of imidazole rings is 1. The molecule has 0 aliphatic carbocycles. The van der Waals surface area contributed by atoms with Gasteiger partial charge in [-0.2, -0.15) is 18.2 Å². The predicted octanol–water partition coefficient (Wildman–Crippen LogP) is 2.57. The van der Waals surface area contributed by atoms with Crippen LogP contribution in [0.1, 0.15) is 32.4 Å². The van der Waals surface area contributed by atoms with Crippen molar-refractivity contribution in [2.75, 3.05) is 14.2 Å². The number of esters is 2. The molecule has 0 saturated heterocycles. The Morgan fingerprint density at radius 2 is 1.76 bits per heavy atom. The highest BCUT2D eigenvalue weighted by Gasteiger charge is 2.38. The van der Waals surface area contributed by atoms with Crippen LogP contribution in [0.2, 0.25) is 0 Å². The van der Waals surface area contributed by atoms with E-state index in [-0.39, 0.29) is 23.8 Å². The fraction of sp³-hybridized carbons (Fsp3) is 0.235. The van der Waals surface area contributed by atoms with Crippen molar-refractivity contribution in [1.82, 2.24) is 19.7 Å². The van der Waals surface area contributed by atoms with E-state index in [4.69, 9.17) is 0 Å². The van der Waals surface area contributed by atoms with E-state index in [1.165, 1.54) is 23.0 Å². The quantitative estimate of drug-likeness (QED) is 0.591. The second-order valence-electron chi connectivity index (χ2n) is 5.67. The summed E-state index contributed by atoms with van der Waals surface area (Å²) in [5, 5.41) is 3.31. The van der Waals surface area contributed by atoms with Crippen molar-refractivity contribution >= 4 is 11.9 Å². The number of benzene rings is 1. The first-order valence-corrected chi connectivity index (χ1v) is 7.96. The third-order valence-corrected chi connectivity index (χ3v) is 3.83. The van der Waals surface area contributed by atoms with Gasteiger partial charge >= 0.3 is 24.0 Å². The molecule has 29 heavy (non-hydrogen) atoms. The lowest BCUT2D eigenvalue weighted by Gasteiger charge is -2.08. The Kier molecular flexibility index (Phi) is 5.35. The Morgan fingerprint density at radius 1 is 1.10 bits per heavy atom. The van der Waals surface area contributed by atoms with E-state index in [1.807, 2.05) is 0 Å². The van der Waals surface area contributed by atoms with Gasteiger partial charge in [0.05, 0.1) is 20.5 Å². The number of carbonyl (C=O) groups is 2. The molecule has 0 aliphatic rings. The third-order valence-electron chi connectivity index (χ3n) is 3.83. The molecule has 0 aliphatic heterocycles. The van der Waals surface area contributed by atoms with E-state index in [9.17, 15) is 22.8 Å². The average Bonchev–Trinajstić information content (AvgIpc) is 3.35. The van der Waals surface area contributed by atoms with Crippen molar-refractivity contribution in [2.45, 2.75) is 12.7 Å². The SMILES string of the molecule is COC(=O)c1ncn(Cc2ccc(-c3noc(C(F)(F)F)n3)cc2)c1C(=O)OC. The van der Waals surface area contributed by atoms with Crippen LogP contribution in [-0.2, 0) is 22.2 Å². The number of carbonyl (C=O) groups excluding carboxylic acids is 2. The standard InChI is InChI=1S/C17H13F3N4O5/c1-27-14(25)11-12(15(26)28-2)24(8-21-11)7-9-3-5-10(6-4-9)13-22-16(29-23-13)17(18,19)20/h3-6,8H,7H2,1-2H3. The van der Waals surface area contributed by atoms with Gasteiger partial charge in [-0.25, -0.2) is 14.6 Å². The van der Waals surface area contributed by atoms with Gasteiger partial charge in [-0.15, -0.1) is 0 Å². The van der Waals surface area contributed by atoms with E-state index in [1.54, 1.807) is 12.1 Å². The molecular formula is C17H13F3N4O5. The number of halogens is 3. The molecule has 12 heteroatoms. The van der Waals surface area contributed by atoms with Gasteiger partial charge in [0.25, 0.3) is 0 Å². The van der Waals surface area contributed by atoms with E-state index in [0.717, 1.165) is 14.2 Å². The molecule has 1 aromatic carbocycles. The molecule has 0 saturated carbocycles. The lowest BCUT2D eigenvalue weighted by molar-refractivity contribution is -0.159. The maximum absolute atomic E-state index is 12.6. The van der Waals surface area contributed by atoms with Crippen molar-refractivity contribution in [3.05, 3.63) is 53.4 Å². The Bertz CT molecular complexity index is 1040. The average molecular weight is 410 g/mol. The van der Waals surface area contributed by atoms with Gasteiger partial charge in [0.2, 0.25) is 5.82 Å². The van der Waals surface area contributed by atoms with Crippen LogP contribution in [0.15, 0.2) is 35.1 Å². The van der Waals surface area contributed by atoms with Crippen molar-refractivity contribution in [3.8, 4) is 11.4 Å². The molecule has 3 rings (SSSR count). The lowest BCUT2D eigenvalue weighted by atomic mass is 10.1. The molecule has 152 valence electrons. The monoisotopic (exact) mass is 410 g/mol. The second kappa shape index (κ2) is 7.73.